The van der Waals surface area contributed by atoms with Crippen LogP contribution in [0.5, 0.6) is 0 Å². The van der Waals surface area contributed by atoms with Crippen LogP contribution >= 0.6 is 0 Å². The van der Waals surface area contributed by atoms with Crippen molar-refractivity contribution in [2.75, 3.05) is 5.32 Å². The normalized spacial score (nSPS) is 15.5. The molecule has 0 spiro atoms. The van der Waals surface area contributed by atoms with Gasteiger partial charge in [-0.05, 0) is 12.1 Å². The highest BCUT2D eigenvalue weighted by atomic mass is 16.2. The van der Waals surface area contributed by atoms with Crippen molar-refractivity contribution in [3.63, 3.8) is 0 Å². The molecule has 1 aromatic carbocycles. The van der Waals surface area contributed by atoms with Crippen molar-refractivity contribution >= 4 is 40.1 Å². The summed E-state index contributed by atoms with van der Waals surface area (Å²) in [5.41, 5.74) is 3.03. The Hall–Kier alpha value is -3.35. The number of carbonyl (C=O) groups excluding carboxylic acids is 2. The summed E-state index contributed by atoms with van der Waals surface area (Å²) < 4.78 is 0. The number of allylic oxidation sites excluding steroid dienone is 2. The first-order valence-corrected chi connectivity index (χ1v) is 7.96. The maximum Gasteiger partial charge on any atom is 0.272 e. The van der Waals surface area contributed by atoms with E-state index in [2.05, 4.69) is 25.3 Å². The number of aromatic amines is 1. The molecular formula is C18H15N5O2. The predicted octanol–water partition coefficient (Wildman–Crippen LogP) is 2.79. The largest absolute Gasteiger partial charge is 0.324 e. The van der Waals surface area contributed by atoms with Crippen molar-refractivity contribution in [1.82, 2.24) is 9.97 Å². The number of aliphatic imine (C=N–C) groups is 2. The first kappa shape index (κ1) is 15.2. The predicted molar refractivity (Wildman–Crippen MR) is 96.1 cm³/mol. The van der Waals surface area contributed by atoms with E-state index in [4.69, 9.17) is 0 Å². The SMILES string of the molecule is O=C(Nc1nc2c(C(=O)CC3=NC=CC3)cccc2[nH]1)C1=NC=CC1. The molecule has 0 saturated heterocycles. The molecule has 124 valence electrons. The third-order valence-corrected chi connectivity index (χ3v) is 4.03. The zero-order valence-corrected chi connectivity index (χ0v) is 13.3. The van der Waals surface area contributed by atoms with Gasteiger partial charge in [0.1, 0.15) is 11.2 Å². The Bertz CT molecular complexity index is 994. The van der Waals surface area contributed by atoms with E-state index in [0.717, 1.165) is 5.71 Å². The number of nitrogens with one attached hydrogen (secondary N) is 2. The lowest BCUT2D eigenvalue weighted by Gasteiger charge is -2.02. The van der Waals surface area contributed by atoms with Crippen LogP contribution in [0, 0.1) is 0 Å². The minimum atomic E-state index is -0.302. The Labute approximate surface area is 143 Å². The standard InChI is InChI=1S/C18H15N5O2/c24-15(10-11-4-2-8-19-11)12-5-1-6-13-16(12)22-18(21-13)23-17(25)14-7-3-9-20-14/h1-3,5-6,8-9H,4,7,10H2,(H2,21,22,23,25). The average Bonchev–Trinajstić information content (AvgIpc) is 3.35. The molecule has 4 rings (SSSR count). The quantitative estimate of drug-likeness (QED) is 0.823. The first-order chi connectivity index (χ1) is 12.2. The molecule has 0 fully saturated rings. The van der Waals surface area contributed by atoms with Gasteiger partial charge in [0, 0.05) is 42.9 Å². The zero-order chi connectivity index (χ0) is 17.2. The minimum absolute atomic E-state index is 0.0400. The van der Waals surface area contributed by atoms with Crippen LogP contribution in [0.1, 0.15) is 29.6 Å². The minimum Gasteiger partial charge on any atom is -0.324 e. The molecule has 0 unspecified atom stereocenters. The molecule has 0 radical (unpaired) electrons. The Morgan fingerprint density at radius 1 is 1.12 bits per heavy atom. The summed E-state index contributed by atoms with van der Waals surface area (Å²) in [4.78, 5) is 40.3. The third-order valence-electron chi connectivity index (χ3n) is 4.03. The van der Waals surface area contributed by atoms with E-state index in [1.54, 1.807) is 24.5 Å². The van der Waals surface area contributed by atoms with Gasteiger partial charge < -0.3 is 4.98 Å². The fourth-order valence-corrected chi connectivity index (χ4v) is 2.81. The third kappa shape index (κ3) is 3.03. The van der Waals surface area contributed by atoms with Gasteiger partial charge in [-0.2, -0.15) is 0 Å². The van der Waals surface area contributed by atoms with Crippen molar-refractivity contribution in [2.24, 2.45) is 9.98 Å². The van der Waals surface area contributed by atoms with Gasteiger partial charge >= 0.3 is 0 Å². The van der Waals surface area contributed by atoms with Crippen LogP contribution in [0.25, 0.3) is 11.0 Å². The van der Waals surface area contributed by atoms with Crippen LogP contribution in [0.15, 0.2) is 52.7 Å². The molecule has 1 amide bonds. The lowest BCUT2D eigenvalue weighted by atomic mass is 10.0. The molecule has 2 aliphatic rings. The number of H-pyrrole nitrogens is 1. The van der Waals surface area contributed by atoms with E-state index in [9.17, 15) is 9.59 Å². The number of Topliss-reactive ketones (excluding diaryl/α,β-unsaturated/α-hetero) is 1. The molecule has 25 heavy (non-hydrogen) atoms. The van der Waals surface area contributed by atoms with Gasteiger partial charge in [-0.3, -0.25) is 24.9 Å². The van der Waals surface area contributed by atoms with Crippen molar-refractivity contribution in [3.05, 3.63) is 48.3 Å². The molecule has 2 aromatic rings. The molecule has 0 atom stereocenters. The fourth-order valence-electron chi connectivity index (χ4n) is 2.81. The Kier molecular flexibility index (Phi) is 3.81. The number of rotatable bonds is 5. The smallest absolute Gasteiger partial charge is 0.272 e. The van der Waals surface area contributed by atoms with E-state index < -0.39 is 0 Å². The number of nitrogens with zero attached hydrogens (tertiary/aromatic N) is 3. The molecule has 0 aliphatic carbocycles. The number of amides is 1. The molecule has 7 heteroatoms. The first-order valence-electron chi connectivity index (χ1n) is 7.96. The van der Waals surface area contributed by atoms with E-state index >= 15 is 0 Å². The summed E-state index contributed by atoms with van der Waals surface area (Å²) >= 11 is 0. The van der Waals surface area contributed by atoms with Gasteiger partial charge in [-0.25, -0.2) is 4.98 Å². The van der Waals surface area contributed by atoms with Gasteiger partial charge in [0.15, 0.2) is 5.78 Å². The number of hydrogen-bond donors (Lipinski definition) is 2. The van der Waals surface area contributed by atoms with E-state index in [0.29, 0.717) is 41.1 Å². The monoisotopic (exact) mass is 333 g/mol. The lowest BCUT2D eigenvalue weighted by Crippen LogP contribution is -2.21. The summed E-state index contributed by atoms with van der Waals surface area (Å²) in [5.74, 6) is -0.0418. The number of para-hydroxylation sites is 1. The number of fused-ring (bicyclic) bond motifs is 1. The van der Waals surface area contributed by atoms with Crippen molar-refractivity contribution < 1.29 is 9.59 Å². The summed E-state index contributed by atoms with van der Waals surface area (Å²) in [6, 6.07) is 5.35. The van der Waals surface area contributed by atoms with Crippen LogP contribution in [0.3, 0.4) is 0 Å². The van der Waals surface area contributed by atoms with Gasteiger partial charge in [0.05, 0.1) is 5.52 Å². The highest BCUT2D eigenvalue weighted by Gasteiger charge is 2.18. The molecule has 7 nitrogen and oxygen atoms in total. The average molecular weight is 333 g/mol. The molecule has 2 aliphatic heterocycles. The van der Waals surface area contributed by atoms with Gasteiger partial charge in [0.25, 0.3) is 5.91 Å². The van der Waals surface area contributed by atoms with Crippen molar-refractivity contribution in [1.29, 1.82) is 0 Å². The van der Waals surface area contributed by atoms with Crippen LogP contribution in [-0.2, 0) is 4.79 Å². The molecule has 2 N–H and O–H groups in total. The number of aromatic nitrogens is 2. The molecule has 0 saturated carbocycles. The maximum atomic E-state index is 12.6. The number of carbonyl (C=O) groups is 2. The zero-order valence-electron chi connectivity index (χ0n) is 13.3. The molecule has 0 bridgehead atoms. The van der Waals surface area contributed by atoms with E-state index in [-0.39, 0.29) is 18.1 Å². The summed E-state index contributed by atoms with van der Waals surface area (Å²) in [6.45, 7) is 0. The fraction of sp³-hybridized carbons (Fsp3) is 0.167. The topological polar surface area (TPSA) is 99.6 Å². The number of hydrogen-bond acceptors (Lipinski definition) is 5. The second kappa shape index (κ2) is 6.27. The van der Waals surface area contributed by atoms with Crippen LogP contribution < -0.4 is 5.32 Å². The van der Waals surface area contributed by atoms with Gasteiger partial charge in [0.2, 0.25) is 5.95 Å². The molecule has 3 heterocycles. The van der Waals surface area contributed by atoms with Crippen LogP contribution in [0.4, 0.5) is 5.95 Å². The Balaban J connectivity index is 1.57. The number of imidazole rings is 1. The van der Waals surface area contributed by atoms with Crippen LogP contribution in [-0.4, -0.2) is 33.1 Å². The number of ketones is 1. The second-order valence-electron chi connectivity index (χ2n) is 5.79. The summed E-state index contributed by atoms with van der Waals surface area (Å²) in [6.07, 6.45) is 8.53. The highest BCUT2D eigenvalue weighted by molar-refractivity contribution is 6.43. The van der Waals surface area contributed by atoms with Crippen molar-refractivity contribution in [3.8, 4) is 0 Å². The van der Waals surface area contributed by atoms with Crippen molar-refractivity contribution in [2.45, 2.75) is 19.3 Å². The van der Waals surface area contributed by atoms with Gasteiger partial charge in [-0.15, -0.1) is 0 Å². The summed E-state index contributed by atoms with van der Waals surface area (Å²) in [7, 11) is 0. The Morgan fingerprint density at radius 2 is 1.96 bits per heavy atom. The number of benzene rings is 1. The van der Waals surface area contributed by atoms with E-state index in [1.165, 1.54) is 0 Å². The second-order valence-corrected chi connectivity index (χ2v) is 5.79. The molecule has 1 aromatic heterocycles. The van der Waals surface area contributed by atoms with Crippen LogP contribution in [0.2, 0.25) is 0 Å². The lowest BCUT2D eigenvalue weighted by molar-refractivity contribution is -0.110. The maximum absolute atomic E-state index is 12.6. The van der Waals surface area contributed by atoms with E-state index in [1.807, 2.05) is 18.2 Å². The number of anilines is 1. The summed E-state index contributed by atoms with van der Waals surface area (Å²) in [5, 5.41) is 2.69. The highest BCUT2D eigenvalue weighted by Crippen LogP contribution is 2.21. The Morgan fingerprint density at radius 3 is 2.72 bits per heavy atom. The van der Waals surface area contributed by atoms with Gasteiger partial charge in [-0.1, -0.05) is 18.2 Å². The molecular weight excluding hydrogens is 318 g/mol.